The molecule has 0 aromatic heterocycles. The molecule has 0 spiro atoms. The van der Waals surface area contributed by atoms with Gasteiger partial charge in [0.15, 0.2) is 0 Å². The maximum Gasteiger partial charge on any atom is 0.145 e. The Morgan fingerprint density at radius 2 is 2.17 bits per heavy atom. The van der Waals surface area contributed by atoms with E-state index in [0.717, 1.165) is 30.2 Å². The molecule has 0 aromatic rings. The Hall–Kier alpha value is -0.373. The van der Waals surface area contributed by atoms with Crippen molar-refractivity contribution in [3.63, 3.8) is 0 Å². The van der Waals surface area contributed by atoms with Crippen molar-refractivity contribution in [1.29, 1.82) is 0 Å². The summed E-state index contributed by atoms with van der Waals surface area (Å²) in [7, 11) is -0.959. The summed E-state index contributed by atoms with van der Waals surface area (Å²) in [5.41, 5.74) is 1.91. The first kappa shape index (κ1) is 9.71. The van der Waals surface area contributed by atoms with E-state index >= 15 is 0 Å². The van der Waals surface area contributed by atoms with E-state index in [0.29, 0.717) is 0 Å². The SMILES string of the molecule is C[Si](C)(C)C1CC=C(C=O)CC1. The summed E-state index contributed by atoms with van der Waals surface area (Å²) in [6.45, 7) is 7.24. The first-order valence-corrected chi connectivity index (χ1v) is 8.26. The number of carbonyl (C=O) groups is 1. The van der Waals surface area contributed by atoms with Crippen molar-refractivity contribution in [2.24, 2.45) is 0 Å². The molecule has 1 unspecified atom stereocenters. The molecular weight excluding hydrogens is 164 g/mol. The average molecular weight is 182 g/mol. The molecule has 0 aromatic carbocycles. The Kier molecular flexibility index (Phi) is 2.88. The number of carbonyl (C=O) groups excluding carboxylic acids is 1. The van der Waals surface area contributed by atoms with Crippen LogP contribution in [0.2, 0.25) is 25.2 Å². The van der Waals surface area contributed by atoms with Gasteiger partial charge in [0.25, 0.3) is 0 Å². The van der Waals surface area contributed by atoms with Gasteiger partial charge >= 0.3 is 0 Å². The Labute approximate surface area is 75.9 Å². The van der Waals surface area contributed by atoms with Gasteiger partial charge in [0.2, 0.25) is 0 Å². The van der Waals surface area contributed by atoms with Gasteiger partial charge in [-0.15, -0.1) is 0 Å². The van der Waals surface area contributed by atoms with Gasteiger partial charge in [-0.2, -0.15) is 0 Å². The van der Waals surface area contributed by atoms with Gasteiger partial charge in [-0.25, -0.2) is 0 Å². The van der Waals surface area contributed by atoms with Gasteiger partial charge in [-0.3, -0.25) is 4.79 Å². The maximum atomic E-state index is 10.5. The van der Waals surface area contributed by atoms with Crippen molar-refractivity contribution >= 4 is 14.4 Å². The Morgan fingerprint density at radius 3 is 2.50 bits per heavy atom. The zero-order valence-corrected chi connectivity index (χ0v) is 9.26. The van der Waals surface area contributed by atoms with Crippen LogP contribution in [0.1, 0.15) is 19.3 Å². The molecule has 1 aliphatic rings. The molecule has 0 fully saturated rings. The molecule has 1 rings (SSSR count). The van der Waals surface area contributed by atoms with E-state index in [2.05, 4.69) is 25.7 Å². The second-order valence-electron chi connectivity index (χ2n) is 4.73. The molecule has 0 heterocycles. The van der Waals surface area contributed by atoms with Crippen molar-refractivity contribution in [3.05, 3.63) is 11.6 Å². The lowest BCUT2D eigenvalue weighted by Crippen LogP contribution is -2.29. The van der Waals surface area contributed by atoms with E-state index in [1.807, 2.05) is 0 Å². The van der Waals surface area contributed by atoms with Crippen LogP contribution in [-0.4, -0.2) is 14.4 Å². The molecule has 0 bridgehead atoms. The number of allylic oxidation sites excluding steroid dienone is 2. The third-order valence-electron chi connectivity index (χ3n) is 2.82. The smallest absolute Gasteiger partial charge is 0.145 e. The van der Waals surface area contributed by atoms with Gasteiger partial charge in [0.1, 0.15) is 6.29 Å². The van der Waals surface area contributed by atoms with Crippen LogP contribution in [0.3, 0.4) is 0 Å². The normalized spacial score (nSPS) is 24.9. The van der Waals surface area contributed by atoms with Crippen LogP contribution in [0.15, 0.2) is 11.6 Å². The monoisotopic (exact) mass is 182 g/mol. The third kappa shape index (κ3) is 2.31. The molecule has 0 saturated heterocycles. The molecule has 1 nitrogen and oxygen atoms in total. The molecule has 0 amide bonds. The third-order valence-corrected chi connectivity index (χ3v) is 5.80. The second-order valence-corrected chi connectivity index (χ2v) is 10.3. The predicted octanol–water partition coefficient (Wildman–Crippen LogP) is 3.00. The van der Waals surface area contributed by atoms with Gasteiger partial charge in [0, 0.05) is 8.07 Å². The first-order chi connectivity index (χ1) is 5.54. The zero-order chi connectivity index (χ0) is 9.19. The molecule has 0 radical (unpaired) electrons. The molecule has 1 atom stereocenters. The van der Waals surface area contributed by atoms with Crippen molar-refractivity contribution < 1.29 is 4.79 Å². The lowest BCUT2D eigenvalue weighted by molar-refractivity contribution is -0.105. The van der Waals surface area contributed by atoms with Crippen LogP contribution >= 0.6 is 0 Å². The van der Waals surface area contributed by atoms with E-state index < -0.39 is 8.07 Å². The summed E-state index contributed by atoms with van der Waals surface area (Å²) < 4.78 is 0. The highest BCUT2D eigenvalue weighted by atomic mass is 28.3. The summed E-state index contributed by atoms with van der Waals surface area (Å²) in [5, 5.41) is 0. The minimum absolute atomic E-state index is 0.890. The van der Waals surface area contributed by atoms with Crippen LogP contribution < -0.4 is 0 Å². The molecule has 0 saturated carbocycles. The molecule has 2 heteroatoms. The average Bonchev–Trinajstić information content (AvgIpc) is 2.03. The van der Waals surface area contributed by atoms with E-state index in [1.165, 1.54) is 6.42 Å². The van der Waals surface area contributed by atoms with Crippen LogP contribution in [0.4, 0.5) is 0 Å². The van der Waals surface area contributed by atoms with Crippen LogP contribution in [0.25, 0.3) is 0 Å². The number of aldehydes is 1. The van der Waals surface area contributed by atoms with Gasteiger partial charge in [-0.1, -0.05) is 25.7 Å². The summed E-state index contributed by atoms with van der Waals surface area (Å²) in [4.78, 5) is 10.5. The summed E-state index contributed by atoms with van der Waals surface area (Å²) in [5.74, 6) is 0. The summed E-state index contributed by atoms with van der Waals surface area (Å²) in [6, 6.07) is 0. The fourth-order valence-corrected chi connectivity index (χ4v) is 3.58. The predicted molar refractivity (Wildman–Crippen MR) is 55.1 cm³/mol. The number of hydrogen-bond acceptors (Lipinski definition) is 1. The minimum Gasteiger partial charge on any atom is -0.298 e. The summed E-state index contributed by atoms with van der Waals surface area (Å²) in [6.07, 6.45) is 6.54. The van der Waals surface area contributed by atoms with Crippen molar-refractivity contribution in [2.75, 3.05) is 0 Å². The van der Waals surface area contributed by atoms with Crippen molar-refractivity contribution in [2.45, 2.75) is 44.4 Å². The Bertz CT molecular complexity index is 200. The topological polar surface area (TPSA) is 17.1 Å². The first-order valence-electron chi connectivity index (χ1n) is 4.68. The second kappa shape index (κ2) is 3.56. The fraction of sp³-hybridized carbons (Fsp3) is 0.700. The maximum absolute atomic E-state index is 10.5. The van der Waals surface area contributed by atoms with Gasteiger partial charge in [-0.05, 0) is 30.4 Å². The standard InChI is InChI=1S/C10H18OSi/c1-12(2,3)10-6-4-9(8-11)5-7-10/h4,8,10H,5-7H2,1-3H3. The zero-order valence-electron chi connectivity index (χ0n) is 8.26. The van der Waals surface area contributed by atoms with E-state index in [4.69, 9.17) is 0 Å². The van der Waals surface area contributed by atoms with Crippen LogP contribution in [-0.2, 0) is 4.79 Å². The molecule has 0 N–H and O–H groups in total. The number of hydrogen-bond donors (Lipinski definition) is 0. The molecular formula is C10H18OSi. The van der Waals surface area contributed by atoms with Crippen molar-refractivity contribution in [3.8, 4) is 0 Å². The molecule has 0 aliphatic heterocycles. The van der Waals surface area contributed by atoms with Crippen molar-refractivity contribution in [1.82, 2.24) is 0 Å². The highest BCUT2D eigenvalue weighted by Crippen LogP contribution is 2.35. The van der Waals surface area contributed by atoms with E-state index in [9.17, 15) is 4.79 Å². The lowest BCUT2D eigenvalue weighted by atomic mass is 10.0. The largest absolute Gasteiger partial charge is 0.298 e. The van der Waals surface area contributed by atoms with Crippen LogP contribution in [0.5, 0.6) is 0 Å². The van der Waals surface area contributed by atoms with E-state index in [1.54, 1.807) is 0 Å². The Morgan fingerprint density at radius 1 is 1.50 bits per heavy atom. The van der Waals surface area contributed by atoms with E-state index in [-0.39, 0.29) is 0 Å². The molecule has 12 heavy (non-hydrogen) atoms. The fourth-order valence-electron chi connectivity index (χ4n) is 1.75. The molecule has 1 aliphatic carbocycles. The quantitative estimate of drug-likeness (QED) is 0.474. The molecule has 68 valence electrons. The van der Waals surface area contributed by atoms with Crippen LogP contribution in [0, 0.1) is 0 Å². The summed E-state index contributed by atoms with van der Waals surface area (Å²) >= 11 is 0. The highest BCUT2D eigenvalue weighted by Gasteiger charge is 2.27. The lowest BCUT2D eigenvalue weighted by Gasteiger charge is -2.30. The van der Waals surface area contributed by atoms with Gasteiger partial charge in [0.05, 0.1) is 0 Å². The minimum atomic E-state index is -0.959. The number of rotatable bonds is 2. The van der Waals surface area contributed by atoms with Gasteiger partial charge < -0.3 is 0 Å². The highest BCUT2D eigenvalue weighted by molar-refractivity contribution is 6.77. The Balaban J connectivity index is 2.57.